The molecule has 142 valence electrons. The second kappa shape index (κ2) is 11.5. The van der Waals surface area contributed by atoms with E-state index in [0.717, 1.165) is 37.9 Å². The lowest BCUT2D eigenvalue weighted by Gasteiger charge is -2.22. The van der Waals surface area contributed by atoms with Crippen molar-refractivity contribution >= 4 is 28.2 Å². The van der Waals surface area contributed by atoms with E-state index in [1.54, 1.807) is 0 Å². The minimum absolute atomic E-state index is 0. The van der Waals surface area contributed by atoms with Gasteiger partial charge in [0, 0.05) is 13.0 Å². The molecular formula is C18H29ClN2O3S. The number of sulfone groups is 1. The van der Waals surface area contributed by atoms with Gasteiger partial charge in [-0.25, -0.2) is 8.42 Å². The summed E-state index contributed by atoms with van der Waals surface area (Å²) in [6.45, 7) is 2.52. The van der Waals surface area contributed by atoms with Crippen LogP contribution in [0.25, 0.3) is 0 Å². The van der Waals surface area contributed by atoms with Crippen molar-refractivity contribution in [3.63, 3.8) is 0 Å². The third-order valence-electron chi connectivity index (χ3n) is 4.42. The fourth-order valence-corrected chi connectivity index (χ4v) is 4.44. The SMILES string of the molecule is Cl.O=C(CCC1CCNCC1)NCCCS(=O)(=O)Cc1ccccc1. The summed E-state index contributed by atoms with van der Waals surface area (Å²) in [5.41, 5.74) is 0.809. The van der Waals surface area contributed by atoms with E-state index < -0.39 is 9.84 Å². The smallest absolute Gasteiger partial charge is 0.220 e. The number of carbonyl (C=O) groups is 1. The first-order chi connectivity index (χ1) is 11.6. The predicted octanol–water partition coefficient (Wildman–Crippen LogP) is 2.31. The van der Waals surface area contributed by atoms with Crippen molar-refractivity contribution < 1.29 is 13.2 Å². The maximum absolute atomic E-state index is 12.1. The number of piperidine rings is 1. The Balaban J connectivity index is 0.00000312. The molecule has 0 radical (unpaired) electrons. The highest BCUT2D eigenvalue weighted by molar-refractivity contribution is 7.90. The van der Waals surface area contributed by atoms with Crippen LogP contribution in [0.15, 0.2) is 30.3 Å². The van der Waals surface area contributed by atoms with E-state index in [9.17, 15) is 13.2 Å². The maximum atomic E-state index is 12.1. The lowest BCUT2D eigenvalue weighted by Crippen LogP contribution is -2.30. The Morgan fingerprint density at radius 2 is 1.84 bits per heavy atom. The third-order valence-corrected chi connectivity index (χ3v) is 6.11. The second-order valence-electron chi connectivity index (χ2n) is 6.51. The average molecular weight is 389 g/mol. The fraction of sp³-hybridized carbons (Fsp3) is 0.611. The molecule has 0 aromatic heterocycles. The van der Waals surface area contributed by atoms with Crippen LogP contribution < -0.4 is 10.6 Å². The average Bonchev–Trinajstić information content (AvgIpc) is 2.58. The Labute approximate surface area is 157 Å². The zero-order valence-electron chi connectivity index (χ0n) is 14.6. The van der Waals surface area contributed by atoms with E-state index in [1.165, 1.54) is 0 Å². The topological polar surface area (TPSA) is 75.3 Å². The van der Waals surface area contributed by atoms with Gasteiger partial charge in [0.2, 0.25) is 5.91 Å². The molecule has 0 spiro atoms. The Morgan fingerprint density at radius 3 is 2.52 bits per heavy atom. The van der Waals surface area contributed by atoms with Crippen LogP contribution in [0.5, 0.6) is 0 Å². The van der Waals surface area contributed by atoms with E-state index in [4.69, 9.17) is 0 Å². The molecule has 0 aliphatic carbocycles. The minimum Gasteiger partial charge on any atom is -0.356 e. The highest BCUT2D eigenvalue weighted by atomic mass is 35.5. The first kappa shape index (κ1) is 21.9. The van der Waals surface area contributed by atoms with Gasteiger partial charge in [0.1, 0.15) is 0 Å². The Morgan fingerprint density at radius 1 is 1.16 bits per heavy atom. The summed E-state index contributed by atoms with van der Waals surface area (Å²) in [6, 6.07) is 9.19. The van der Waals surface area contributed by atoms with Gasteiger partial charge in [-0.05, 0) is 50.3 Å². The van der Waals surface area contributed by atoms with Gasteiger partial charge in [-0.15, -0.1) is 12.4 Å². The molecule has 1 aromatic carbocycles. The van der Waals surface area contributed by atoms with Crippen LogP contribution in [0, 0.1) is 5.92 Å². The summed E-state index contributed by atoms with van der Waals surface area (Å²) in [7, 11) is -3.12. The minimum atomic E-state index is -3.12. The summed E-state index contributed by atoms with van der Waals surface area (Å²) in [6.07, 6.45) is 4.23. The van der Waals surface area contributed by atoms with Gasteiger partial charge in [0.15, 0.2) is 9.84 Å². The standard InChI is InChI=1S/C18H28N2O3S.ClH/c21-18(8-7-16-9-12-19-13-10-16)20-11-4-14-24(22,23)15-17-5-2-1-3-6-17;/h1-3,5-6,16,19H,4,7-15H2,(H,20,21);1H. The quantitative estimate of drug-likeness (QED) is 0.636. The molecular weight excluding hydrogens is 360 g/mol. The lowest BCUT2D eigenvalue weighted by molar-refractivity contribution is -0.121. The molecule has 7 heteroatoms. The molecule has 1 fully saturated rings. The highest BCUT2D eigenvalue weighted by Gasteiger charge is 2.15. The number of halogens is 1. The Bertz CT molecular complexity index is 602. The predicted molar refractivity (Wildman–Crippen MR) is 104 cm³/mol. The molecule has 1 heterocycles. The van der Waals surface area contributed by atoms with Crippen LogP contribution in [0.1, 0.15) is 37.7 Å². The molecule has 2 N–H and O–H groups in total. The number of hydrogen-bond acceptors (Lipinski definition) is 4. The van der Waals surface area contributed by atoms with Gasteiger partial charge in [-0.1, -0.05) is 30.3 Å². The van der Waals surface area contributed by atoms with E-state index in [-0.39, 0.29) is 29.8 Å². The zero-order chi connectivity index (χ0) is 17.3. The van der Waals surface area contributed by atoms with Gasteiger partial charge in [-0.3, -0.25) is 4.79 Å². The molecule has 0 saturated carbocycles. The molecule has 1 amide bonds. The largest absolute Gasteiger partial charge is 0.356 e. The van der Waals surface area contributed by atoms with Gasteiger partial charge < -0.3 is 10.6 Å². The summed E-state index contributed by atoms with van der Waals surface area (Å²) in [5, 5.41) is 6.16. The number of benzene rings is 1. The van der Waals surface area contributed by atoms with Crippen molar-refractivity contribution in [2.75, 3.05) is 25.4 Å². The van der Waals surface area contributed by atoms with Crippen LogP contribution in [-0.4, -0.2) is 39.7 Å². The molecule has 1 aliphatic heterocycles. The zero-order valence-corrected chi connectivity index (χ0v) is 16.2. The summed E-state index contributed by atoms with van der Waals surface area (Å²) >= 11 is 0. The lowest BCUT2D eigenvalue weighted by atomic mass is 9.93. The first-order valence-electron chi connectivity index (χ1n) is 8.77. The van der Waals surface area contributed by atoms with Gasteiger partial charge in [-0.2, -0.15) is 0 Å². The molecule has 0 atom stereocenters. The molecule has 1 saturated heterocycles. The summed E-state index contributed by atoms with van der Waals surface area (Å²) in [5.74, 6) is 0.853. The highest BCUT2D eigenvalue weighted by Crippen LogP contribution is 2.17. The van der Waals surface area contributed by atoms with Crippen LogP contribution >= 0.6 is 12.4 Å². The second-order valence-corrected chi connectivity index (χ2v) is 8.70. The van der Waals surface area contributed by atoms with Crippen LogP contribution in [0.3, 0.4) is 0 Å². The van der Waals surface area contributed by atoms with Gasteiger partial charge >= 0.3 is 0 Å². The summed E-state index contributed by atoms with van der Waals surface area (Å²) < 4.78 is 24.1. The number of amides is 1. The fourth-order valence-electron chi connectivity index (χ4n) is 3.01. The molecule has 25 heavy (non-hydrogen) atoms. The number of rotatable bonds is 9. The van der Waals surface area contributed by atoms with Crippen molar-refractivity contribution in [2.45, 2.75) is 37.9 Å². The van der Waals surface area contributed by atoms with Gasteiger partial charge in [0.05, 0.1) is 11.5 Å². The Kier molecular flexibility index (Phi) is 10.1. The van der Waals surface area contributed by atoms with Gasteiger partial charge in [0.25, 0.3) is 0 Å². The first-order valence-corrected chi connectivity index (χ1v) is 10.6. The molecule has 1 aliphatic rings. The van der Waals surface area contributed by atoms with E-state index >= 15 is 0 Å². The van der Waals surface area contributed by atoms with E-state index in [1.807, 2.05) is 30.3 Å². The summed E-state index contributed by atoms with van der Waals surface area (Å²) in [4.78, 5) is 11.8. The maximum Gasteiger partial charge on any atom is 0.220 e. The van der Waals surface area contributed by atoms with Crippen molar-refractivity contribution in [3.8, 4) is 0 Å². The van der Waals surface area contributed by atoms with Crippen LogP contribution in [0.2, 0.25) is 0 Å². The molecule has 0 unspecified atom stereocenters. The van der Waals surface area contributed by atoms with Crippen LogP contribution in [0.4, 0.5) is 0 Å². The Hall–Kier alpha value is -1.11. The van der Waals surface area contributed by atoms with E-state index in [2.05, 4.69) is 10.6 Å². The molecule has 2 rings (SSSR count). The number of carbonyl (C=O) groups excluding carboxylic acids is 1. The van der Waals surface area contributed by atoms with Crippen molar-refractivity contribution in [1.29, 1.82) is 0 Å². The van der Waals surface area contributed by atoms with Crippen LogP contribution in [-0.2, 0) is 20.4 Å². The molecule has 5 nitrogen and oxygen atoms in total. The number of nitrogens with one attached hydrogen (secondary N) is 2. The van der Waals surface area contributed by atoms with Crippen molar-refractivity contribution in [1.82, 2.24) is 10.6 Å². The van der Waals surface area contributed by atoms with Crippen molar-refractivity contribution in [3.05, 3.63) is 35.9 Å². The third kappa shape index (κ3) is 9.23. The molecule has 1 aromatic rings. The monoisotopic (exact) mass is 388 g/mol. The van der Waals surface area contributed by atoms with E-state index in [0.29, 0.717) is 25.3 Å². The molecule has 0 bridgehead atoms. The normalized spacial score (nSPS) is 15.4. The van der Waals surface area contributed by atoms with Crippen molar-refractivity contribution in [2.24, 2.45) is 5.92 Å². The number of hydrogen-bond donors (Lipinski definition) is 2.